The second-order valence-corrected chi connectivity index (χ2v) is 4.49. The summed E-state index contributed by atoms with van der Waals surface area (Å²) in [4.78, 5) is 4.40. The summed E-state index contributed by atoms with van der Waals surface area (Å²) in [6.07, 6.45) is 1.76. The highest BCUT2D eigenvalue weighted by molar-refractivity contribution is 5.34. The standard InChI is InChI=1S/C15H17FN2/c1-10-7-12(9-13(16)8-10)15(17-3)14-11(2)5-4-6-18-14/h4-9,15,17H,1-3H3. The Morgan fingerprint density at radius 3 is 2.61 bits per heavy atom. The maximum absolute atomic E-state index is 13.5. The van der Waals surface area contributed by atoms with E-state index in [-0.39, 0.29) is 11.9 Å². The fourth-order valence-electron chi connectivity index (χ4n) is 2.19. The molecule has 2 nitrogen and oxygen atoms in total. The molecule has 0 amide bonds. The lowest BCUT2D eigenvalue weighted by Crippen LogP contribution is -2.20. The van der Waals surface area contributed by atoms with Crippen molar-refractivity contribution in [1.29, 1.82) is 0 Å². The van der Waals surface area contributed by atoms with E-state index in [1.165, 1.54) is 6.07 Å². The van der Waals surface area contributed by atoms with Crippen LogP contribution in [0.25, 0.3) is 0 Å². The van der Waals surface area contributed by atoms with Crippen LogP contribution in [0.5, 0.6) is 0 Å². The summed E-state index contributed by atoms with van der Waals surface area (Å²) in [5.41, 5.74) is 3.85. The number of halogens is 1. The summed E-state index contributed by atoms with van der Waals surface area (Å²) in [5, 5.41) is 3.20. The van der Waals surface area contributed by atoms with Gasteiger partial charge in [0.1, 0.15) is 5.82 Å². The number of hydrogen-bond acceptors (Lipinski definition) is 2. The number of benzene rings is 1. The summed E-state index contributed by atoms with van der Waals surface area (Å²) in [7, 11) is 1.86. The van der Waals surface area contributed by atoms with E-state index >= 15 is 0 Å². The van der Waals surface area contributed by atoms with E-state index in [0.717, 1.165) is 22.4 Å². The van der Waals surface area contributed by atoms with Gasteiger partial charge in [0.05, 0.1) is 11.7 Å². The molecule has 1 aromatic heterocycles. The smallest absolute Gasteiger partial charge is 0.123 e. The van der Waals surface area contributed by atoms with Crippen LogP contribution in [0.2, 0.25) is 0 Å². The molecule has 2 aromatic rings. The van der Waals surface area contributed by atoms with Crippen molar-refractivity contribution in [1.82, 2.24) is 10.3 Å². The molecule has 94 valence electrons. The van der Waals surface area contributed by atoms with E-state index in [4.69, 9.17) is 0 Å². The lowest BCUT2D eigenvalue weighted by atomic mass is 9.98. The quantitative estimate of drug-likeness (QED) is 0.897. The van der Waals surface area contributed by atoms with Crippen molar-refractivity contribution in [3.63, 3.8) is 0 Å². The average molecular weight is 244 g/mol. The number of pyridine rings is 1. The molecule has 0 spiro atoms. The zero-order valence-electron chi connectivity index (χ0n) is 10.9. The number of hydrogen-bond donors (Lipinski definition) is 1. The highest BCUT2D eigenvalue weighted by Gasteiger charge is 2.16. The van der Waals surface area contributed by atoms with E-state index in [9.17, 15) is 4.39 Å². The molecule has 2 rings (SSSR count). The normalized spacial score (nSPS) is 12.4. The lowest BCUT2D eigenvalue weighted by molar-refractivity contribution is 0.611. The van der Waals surface area contributed by atoms with Crippen LogP contribution < -0.4 is 5.32 Å². The van der Waals surface area contributed by atoms with Crippen LogP contribution in [0.1, 0.15) is 28.4 Å². The molecule has 0 fully saturated rings. The Labute approximate surface area is 107 Å². The summed E-state index contributed by atoms with van der Waals surface area (Å²) < 4.78 is 13.5. The third-order valence-electron chi connectivity index (χ3n) is 3.01. The average Bonchev–Trinajstić information content (AvgIpc) is 2.31. The van der Waals surface area contributed by atoms with Crippen LogP contribution in [0.3, 0.4) is 0 Å². The maximum Gasteiger partial charge on any atom is 0.123 e. The Morgan fingerprint density at radius 1 is 1.22 bits per heavy atom. The summed E-state index contributed by atoms with van der Waals surface area (Å²) in [6.45, 7) is 3.91. The van der Waals surface area contributed by atoms with Crippen LogP contribution in [-0.4, -0.2) is 12.0 Å². The van der Waals surface area contributed by atoms with Crippen LogP contribution in [-0.2, 0) is 0 Å². The number of nitrogens with one attached hydrogen (secondary N) is 1. The van der Waals surface area contributed by atoms with Crippen molar-refractivity contribution in [3.8, 4) is 0 Å². The minimum atomic E-state index is -0.209. The van der Waals surface area contributed by atoms with Crippen LogP contribution in [0, 0.1) is 19.7 Å². The van der Waals surface area contributed by atoms with Gasteiger partial charge in [-0.05, 0) is 55.8 Å². The van der Waals surface area contributed by atoms with Crippen molar-refractivity contribution >= 4 is 0 Å². The second kappa shape index (κ2) is 5.27. The number of nitrogens with zero attached hydrogens (tertiary/aromatic N) is 1. The van der Waals surface area contributed by atoms with Gasteiger partial charge in [-0.25, -0.2) is 4.39 Å². The fourth-order valence-corrected chi connectivity index (χ4v) is 2.19. The molecule has 3 heteroatoms. The topological polar surface area (TPSA) is 24.9 Å². The molecule has 1 N–H and O–H groups in total. The molecule has 0 radical (unpaired) electrons. The highest BCUT2D eigenvalue weighted by Crippen LogP contribution is 2.24. The van der Waals surface area contributed by atoms with E-state index in [0.29, 0.717) is 0 Å². The highest BCUT2D eigenvalue weighted by atomic mass is 19.1. The number of rotatable bonds is 3. The molecule has 0 aliphatic rings. The molecule has 0 aliphatic carbocycles. The van der Waals surface area contributed by atoms with Gasteiger partial charge in [0.15, 0.2) is 0 Å². The van der Waals surface area contributed by atoms with Gasteiger partial charge in [-0.1, -0.05) is 12.1 Å². The Kier molecular flexibility index (Phi) is 3.72. The lowest BCUT2D eigenvalue weighted by Gasteiger charge is -2.18. The van der Waals surface area contributed by atoms with Crippen molar-refractivity contribution in [2.24, 2.45) is 0 Å². The summed E-state index contributed by atoms with van der Waals surface area (Å²) in [5.74, 6) is -0.209. The van der Waals surface area contributed by atoms with Crippen molar-refractivity contribution in [2.75, 3.05) is 7.05 Å². The van der Waals surface area contributed by atoms with Crippen molar-refractivity contribution < 1.29 is 4.39 Å². The van der Waals surface area contributed by atoms with Gasteiger partial charge in [0.25, 0.3) is 0 Å². The van der Waals surface area contributed by atoms with Crippen LogP contribution in [0.15, 0.2) is 36.5 Å². The zero-order chi connectivity index (χ0) is 13.1. The molecule has 18 heavy (non-hydrogen) atoms. The predicted molar refractivity (Wildman–Crippen MR) is 71.0 cm³/mol. The molecular weight excluding hydrogens is 227 g/mol. The molecule has 1 atom stereocenters. The monoisotopic (exact) mass is 244 g/mol. The number of aromatic nitrogens is 1. The van der Waals surface area contributed by atoms with E-state index in [2.05, 4.69) is 10.3 Å². The van der Waals surface area contributed by atoms with Crippen LogP contribution >= 0.6 is 0 Å². The first-order valence-corrected chi connectivity index (χ1v) is 5.97. The molecule has 0 saturated carbocycles. The molecule has 1 aromatic carbocycles. The molecule has 0 bridgehead atoms. The molecule has 1 heterocycles. The van der Waals surface area contributed by atoms with E-state index in [1.807, 2.05) is 39.1 Å². The summed E-state index contributed by atoms with van der Waals surface area (Å²) >= 11 is 0. The van der Waals surface area contributed by atoms with Crippen LogP contribution in [0.4, 0.5) is 4.39 Å². The predicted octanol–water partition coefficient (Wildman–Crippen LogP) is 3.15. The van der Waals surface area contributed by atoms with Gasteiger partial charge < -0.3 is 5.32 Å². The van der Waals surface area contributed by atoms with Gasteiger partial charge >= 0.3 is 0 Å². The third-order valence-corrected chi connectivity index (χ3v) is 3.01. The molecule has 1 unspecified atom stereocenters. The Balaban J connectivity index is 2.48. The number of aryl methyl sites for hydroxylation is 2. The zero-order valence-corrected chi connectivity index (χ0v) is 10.9. The Bertz CT molecular complexity index is 532. The SMILES string of the molecule is CNC(c1cc(C)cc(F)c1)c1ncccc1C. The first kappa shape index (κ1) is 12.7. The van der Waals surface area contributed by atoms with Gasteiger partial charge in [-0.2, -0.15) is 0 Å². The van der Waals surface area contributed by atoms with E-state index < -0.39 is 0 Å². The maximum atomic E-state index is 13.5. The first-order chi connectivity index (χ1) is 8.61. The van der Waals surface area contributed by atoms with Gasteiger partial charge in [-0.15, -0.1) is 0 Å². The van der Waals surface area contributed by atoms with Gasteiger partial charge in [0, 0.05) is 6.20 Å². The molecule has 0 aliphatic heterocycles. The van der Waals surface area contributed by atoms with Gasteiger partial charge in [-0.3, -0.25) is 4.98 Å². The Hall–Kier alpha value is -1.74. The molecular formula is C15H17FN2. The molecule has 0 saturated heterocycles. The minimum Gasteiger partial charge on any atom is -0.308 e. The first-order valence-electron chi connectivity index (χ1n) is 5.97. The largest absolute Gasteiger partial charge is 0.308 e. The summed E-state index contributed by atoms with van der Waals surface area (Å²) in [6, 6.07) is 8.91. The van der Waals surface area contributed by atoms with Gasteiger partial charge in [0.2, 0.25) is 0 Å². The Morgan fingerprint density at radius 2 is 2.00 bits per heavy atom. The van der Waals surface area contributed by atoms with E-state index in [1.54, 1.807) is 12.3 Å². The fraction of sp³-hybridized carbons (Fsp3) is 0.267. The third kappa shape index (κ3) is 2.57. The van der Waals surface area contributed by atoms with Crippen molar-refractivity contribution in [2.45, 2.75) is 19.9 Å². The van der Waals surface area contributed by atoms with Crippen molar-refractivity contribution in [3.05, 3.63) is 64.7 Å². The second-order valence-electron chi connectivity index (χ2n) is 4.49. The minimum absolute atomic E-state index is 0.0828.